The molecule has 0 bridgehead atoms. The van der Waals surface area contributed by atoms with E-state index in [1.165, 1.54) is 70.6 Å². The topological polar surface area (TPSA) is 158 Å². The van der Waals surface area contributed by atoms with Crippen molar-refractivity contribution in [1.29, 1.82) is 0 Å². The molecule has 0 aliphatic rings. The molecule has 11 heteroatoms. The van der Waals surface area contributed by atoms with Crippen LogP contribution in [0.25, 0.3) is 0 Å². The molecule has 0 amide bonds. The van der Waals surface area contributed by atoms with Gasteiger partial charge in [0.25, 0.3) is 0 Å². The van der Waals surface area contributed by atoms with Crippen molar-refractivity contribution in [2.24, 2.45) is 5.73 Å². The van der Waals surface area contributed by atoms with E-state index in [0.717, 1.165) is 64.2 Å². The van der Waals surface area contributed by atoms with Crippen molar-refractivity contribution in [3.05, 3.63) is 36.6 Å². The van der Waals surface area contributed by atoms with E-state index in [9.17, 15) is 24.5 Å². The molecule has 10 nitrogen and oxygen atoms in total. The number of carbonyl (C=O) groups excluding carboxylic acids is 1. The van der Waals surface area contributed by atoms with Crippen LogP contribution in [0.4, 0.5) is 0 Å². The Labute approximate surface area is 317 Å². The van der Waals surface area contributed by atoms with Crippen molar-refractivity contribution in [2.45, 2.75) is 193 Å². The third kappa shape index (κ3) is 35.5. The highest BCUT2D eigenvalue weighted by atomic mass is 31.2. The Morgan fingerprint density at radius 3 is 1.81 bits per heavy atom. The molecule has 0 spiro atoms. The Balaban J connectivity index is 4.26. The quantitative estimate of drug-likeness (QED) is 0.0156. The summed E-state index contributed by atoms with van der Waals surface area (Å²) in [6.07, 6.45) is 35.6. The fourth-order valence-electron chi connectivity index (χ4n) is 5.57. The van der Waals surface area contributed by atoms with E-state index < -0.39 is 32.1 Å². The van der Waals surface area contributed by atoms with Crippen LogP contribution in [0, 0.1) is 0 Å². The maximum absolute atomic E-state index is 12.6. The zero-order valence-electron chi connectivity index (χ0n) is 33.0. The number of phosphoric acid groups is 1. The van der Waals surface area contributed by atoms with Gasteiger partial charge in [0.2, 0.25) is 0 Å². The minimum atomic E-state index is -4.33. The van der Waals surface area contributed by atoms with Crippen molar-refractivity contribution < 1.29 is 43.0 Å². The molecule has 0 aliphatic heterocycles. The Morgan fingerprint density at radius 1 is 0.654 bits per heavy atom. The van der Waals surface area contributed by atoms with Crippen molar-refractivity contribution in [3.8, 4) is 0 Å². The van der Waals surface area contributed by atoms with E-state index in [-0.39, 0.29) is 32.8 Å². The zero-order chi connectivity index (χ0) is 38.4. The van der Waals surface area contributed by atoms with Crippen LogP contribution in [0.3, 0.4) is 0 Å². The second kappa shape index (κ2) is 37.8. The summed E-state index contributed by atoms with van der Waals surface area (Å²) in [5.41, 5.74) is 5.34. The van der Waals surface area contributed by atoms with Crippen LogP contribution in [-0.2, 0) is 27.9 Å². The molecule has 52 heavy (non-hydrogen) atoms. The van der Waals surface area contributed by atoms with Crippen molar-refractivity contribution in [3.63, 3.8) is 0 Å². The maximum atomic E-state index is 12.6. The molecule has 4 atom stereocenters. The lowest BCUT2D eigenvalue weighted by Crippen LogP contribution is -2.27. The summed E-state index contributed by atoms with van der Waals surface area (Å²) in [6, 6.07) is 0. The van der Waals surface area contributed by atoms with Gasteiger partial charge in [-0.2, -0.15) is 0 Å². The van der Waals surface area contributed by atoms with Crippen molar-refractivity contribution in [2.75, 3.05) is 26.4 Å². The molecular weight excluding hydrogens is 681 g/mol. The molecule has 306 valence electrons. The highest BCUT2D eigenvalue weighted by molar-refractivity contribution is 7.47. The lowest BCUT2D eigenvalue weighted by Gasteiger charge is -2.19. The van der Waals surface area contributed by atoms with Crippen LogP contribution in [0.1, 0.15) is 174 Å². The highest BCUT2D eigenvalue weighted by Crippen LogP contribution is 2.43. The lowest BCUT2D eigenvalue weighted by molar-refractivity contribution is -0.153. The predicted octanol–water partition coefficient (Wildman–Crippen LogP) is 10.1. The molecule has 0 aromatic carbocycles. The number of nitrogens with two attached hydrogens (primary N) is 1. The van der Waals surface area contributed by atoms with E-state index in [4.69, 9.17) is 24.3 Å². The van der Waals surface area contributed by atoms with Gasteiger partial charge >= 0.3 is 13.8 Å². The van der Waals surface area contributed by atoms with Crippen molar-refractivity contribution in [1.82, 2.24) is 0 Å². The van der Waals surface area contributed by atoms with Gasteiger partial charge < -0.3 is 30.3 Å². The number of phosphoric ester groups is 1. The van der Waals surface area contributed by atoms with Gasteiger partial charge in [0.05, 0.1) is 31.7 Å². The number of esters is 1. The number of allylic oxidation sites excluding steroid dienone is 4. The number of hydrogen-bond acceptors (Lipinski definition) is 9. The van der Waals surface area contributed by atoms with Gasteiger partial charge in [-0.05, 0) is 76.7 Å². The molecule has 0 aromatic heterocycles. The first-order chi connectivity index (χ1) is 25.3. The van der Waals surface area contributed by atoms with E-state index in [0.29, 0.717) is 19.3 Å². The number of rotatable bonds is 39. The van der Waals surface area contributed by atoms with Crippen LogP contribution < -0.4 is 5.73 Å². The summed E-state index contributed by atoms with van der Waals surface area (Å²) in [7, 11) is -4.33. The fraction of sp³-hybridized carbons (Fsp3) is 0.829. The number of unbranched alkanes of at least 4 members (excludes halogenated alkanes) is 18. The third-order valence-corrected chi connectivity index (χ3v) is 9.78. The monoisotopic (exact) mass is 760 g/mol. The minimum Gasteiger partial charge on any atom is -0.498 e. The van der Waals surface area contributed by atoms with E-state index in [1.54, 1.807) is 6.26 Å². The number of carbonyl (C=O) groups is 1. The average Bonchev–Trinajstić information content (AvgIpc) is 3.13. The Hall–Kier alpha value is -1.52. The van der Waals surface area contributed by atoms with Gasteiger partial charge in [-0.1, -0.05) is 122 Å². The Morgan fingerprint density at radius 2 is 1.17 bits per heavy atom. The van der Waals surface area contributed by atoms with Crippen LogP contribution in [0.5, 0.6) is 0 Å². The zero-order valence-corrected chi connectivity index (χ0v) is 33.9. The van der Waals surface area contributed by atoms with Gasteiger partial charge in [-0.3, -0.25) is 13.8 Å². The lowest BCUT2D eigenvalue weighted by atomic mass is 10.0. The first-order valence-corrected chi connectivity index (χ1v) is 22.2. The molecular formula is C41H78NO9P. The summed E-state index contributed by atoms with van der Waals surface area (Å²) < 4.78 is 33.0. The average molecular weight is 760 g/mol. The van der Waals surface area contributed by atoms with Gasteiger partial charge in [0.15, 0.2) is 6.10 Å². The molecule has 0 heterocycles. The molecule has 0 rings (SSSR count). The summed E-state index contributed by atoms with van der Waals surface area (Å²) >= 11 is 0. The molecule has 0 fully saturated rings. The van der Waals surface area contributed by atoms with E-state index in [1.807, 2.05) is 12.2 Å². The van der Waals surface area contributed by atoms with Gasteiger partial charge in [0, 0.05) is 13.0 Å². The first-order valence-electron chi connectivity index (χ1n) is 20.7. The van der Waals surface area contributed by atoms with Crippen LogP contribution >= 0.6 is 7.82 Å². The van der Waals surface area contributed by atoms with Gasteiger partial charge in [-0.25, -0.2) is 4.57 Å². The second-order valence-electron chi connectivity index (χ2n) is 13.9. The fourth-order valence-corrected chi connectivity index (χ4v) is 6.33. The number of ether oxygens (including phenoxy) is 2. The number of hydrogen-bond donors (Lipinski definition) is 4. The Bertz CT molecular complexity index is 930. The smallest absolute Gasteiger partial charge is 0.472 e. The molecule has 1 unspecified atom stereocenters. The third-order valence-electron chi connectivity index (χ3n) is 8.79. The molecule has 0 aliphatic carbocycles. The molecule has 0 radical (unpaired) electrons. The van der Waals surface area contributed by atoms with Gasteiger partial charge in [-0.15, -0.1) is 0 Å². The molecule has 0 saturated carbocycles. The summed E-state index contributed by atoms with van der Waals surface area (Å²) in [5.74, 6) is -0.435. The second-order valence-corrected chi connectivity index (χ2v) is 15.3. The van der Waals surface area contributed by atoms with E-state index in [2.05, 4.69) is 32.1 Å². The minimum absolute atomic E-state index is 0.0208. The van der Waals surface area contributed by atoms with E-state index >= 15 is 0 Å². The summed E-state index contributed by atoms with van der Waals surface area (Å²) in [6.45, 7) is 3.98. The normalized spacial score (nSPS) is 15.0. The summed E-state index contributed by atoms with van der Waals surface area (Å²) in [5, 5.41) is 20.4. The van der Waals surface area contributed by atoms with Crippen LogP contribution in [0.15, 0.2) is 36.6 Å². The molecule has 0 saturated heterocycles. The largest absolute Gasteiger partial charge is 0.498 e. The molecule has 0 aromatic rings. The Kier molecular flexibility index (Phi) is 36.7. The number of aliphatic hydroxyl groups excluding tert-OH is 2. The van der Waals surface area contributed by atoms with Gasteiger partial charge in [0.1, 0.15) is 6.61 Å². The number of aliphatic hydroxyl groups is 2. The standard InChI is InChI=1S/C41H78NO9P/c1-3-5-7-9-11-12-13-14-15-16-17-18-19-20-25-29-34-48-36-38(37-50-52(46,47)49-35-33-42)51-41(45)32-28-24-21-23-27-31-40(44)39(43)30-26-22-10-8-6-4-2/h14-15,22,26,29,34,38-40,43-44H,3-13,16-21,23-25,27-28,30-33,35-37,42H2,1-2H3,(H,46,47)/b15-14-,26-22-,34-29+/t38-,39+,40+/m1/s1. The van der Waals surface area contributed by atoms with Crippen LogP contribution in [0.2, 0.25) is 0 Å². The highest BCUT2D eigenvalue weighted by Gasteiger charge is 2.25. The van der Waals surface area contributed by atoms with Crippen LogP contribution in [-0.4, -0.2) is 65.8 Å². The predicted molar refractivity (Wildman–Crippen MR) is 213 cm³/mol. The van der Waals surface area contributed by atoms with Crippen molar-refractivity contribution >= 4 is 13.8 Å². The SMILES string of the molecule is CCCCC/C=C\C[C@H](O)[C@@H](O)CCCCCCCC(=O)O[C@H](CO/C=C/CCCCCC/C=C\CCCCCCCC)COP(=O)(O)OCCN. The summed E-state index contributed by atoms with van der Waals surface area (Å²) in [4.78, 5) is 22.4. The first kappa shape index (κ1) is 50.5. The molecule has 5 N–H and O–H groups in total. The maximum Gasteiger partial charge on any atom is 0.472 e.